The molecule has 2 amide bonds. The van der Waals surface area contributed by atoms with E-state index in [0.29, 0.717) is 49.0 Å². The van der Waals surface area contributed by atoms with Crippen LogP contribution in [-0.2, 0) is 9.59 Å². The topological polar surface area (TPSA) is 69.6 Å². The molecule has 0 bridgehead atoms. The first-order chi connectivity index (χ1) is 16.1. The summed E-state index contributed by atoms with van der Waals surface area (Å²) < 4.78 is 13.6. The van der Waals surface area contributed by atoms with Crippen LogP contribution in [0.15, 0.2) is 48.4 Å². The van der Waals surface area contributed by atoms with Crippen LogP contribution in [0, 0.1) is 5.82 Å². The van der Waals surface area contributed by atoms with E-state index in [2.05, 4.69) is 14.9 Å². The van der Waals surface area contributed by atoms with Gasteiger partial charge in [-0.1, -0.05) is 37.8 Å². The minimum absolute atomic E-state index is 0.0699. The molecule has 0 N–H and O–H groups in total. The van der Waals surface area contributed by atoms with E-state index in [0.717, 1.165) is 38.5 Å². The first-order valence-corrected chi connectivity index (χ1v) is 11.8. The van der Waals surface area contributed by atoms with Gasteiger partial charge in [0.15, 0.2) is 0 Å². The van der Waals surface area contributed by atoms with Crippen molar-refractivity contribution in [2.75, 3.05) is 31.1 Å². The maximum atomic E-state index is 13.7. The van der Waals surface area contributed by atoms with E-state index in [1.54, 1.807) is 30.6 Å². The second kappa shape index (κ2) is 9.29. The fourth-order valence-corrected chi connectivity index (χ4v) is 5.14. The van der Waals surface area contributed by atoms with Gasteiger partial charge in [-0.05, 0) is 36.6 Å². The molecule has 2 aromatic rings. The Morgan fingerprint density at radius 3 is 2.03 bits per heavy atom. The largest absolute Gasteiger partial charge is 0.363 e. The molecule has 5 rings (SSSR count). The third kappa shape index (κ3) is 4.21. The number of carbonyl (C=O) groups excluding carboxylic acids is 2. The number of nitrogens with zero attached hydrogens (tertiary/aromatic N) is 5. The van der Waals surface area contributed by atoms with E-state index in [1.807, 2.05) is 4.90 Å². The number of carbonyl (C=O) groups is 2. The molecular weight excluding hydrogens is 421 g/mol. The van der Waals surface area contributed by atoms with Gasteiger partial charge in [0.25, 0.3) is 11.8 Å². The predicted molar refractivity (Wildman–Crippen MR) is 122 cm³/mol. The Labute approximate surface area is 192 Å². The molecule has 2 fully saturated rings. The van der Waals surface area contributed by atoms with Crippen molar-refractivity contribution in [1.29, 1.82) is 0 Å². The van der Waals surface area contributed by atoms with E-state index in [9.17, 15) is 14.0 Å². The second-order valence-corrected chi connectivity index (χ2v) is 8.88. The average molecular weight is 450 g/mol. The highest BCUT2D eigenvalue weighted by Gasteiger charge is 2.45. The van der Waals surface area contributed by atoms with Crippen LogP contribution in [0.25, 0.3) is 5.57 Å². The highest BCUT2D eigenvalue weighted by atomic mass is 19.1. The maximum absolute atomic E-state index is 13.7. The second-order valence-electron chi connectivity index (χ2n) is 8.88. The Bertz CT molecular complexity index is 1040. The fraction of sp³-hybridized carbons (Fsp3) is 0.440. The summed E-state index contributed by atoms with van der Waals surface area (Å²) >= 11 is 0. The van der Waals surface area contributed by atoms with Gasteiger partial charge in [0, 0.05) is 44.6 Å². The van der Waals surface area contributed by atoms with Gasteiger partial charge in [-0.15, -0.1) is 0 Å². The Morgan fingerprint density at radius 1 is 0.788 bits per heavy atom. The number of amides is 2. The summed E-state index contributed by atoms with van der Waals surface area (Å²) in [7, 11) is 0. The molecule has 3 heterocycles. The molecule has 0 spiro atoms. The lowest BCUT2D eigenvalue weighted by Crippen LogP contribution is -2.49. The normalized spacial score (nSPS) is 20.6. The minimum atomic E-state index is -0.366. The third-order valence-corrected chi connectivity index (χ3v) is 6.84. The summed E-state index contributed by atoms with van der Waals surface area (Å²) in [6.45, 7) is 2.45. The molecule has 1 aliphatic carbocycles. The molecule has 172 valence electrons. The molecule has 1 aromatic carbocycles. The molecule has 1 saturated heterocycles. The first-order valence-electron chi connectivity index (χ1n) is 11.8. The van der Waals surface area contributed by atoms with Gasteiger partial charge in [0.1, 0.15) is 11.5 Å². The Balaban J connectivity index is 1.45. The quantitative estimate of drug-likeness (QED) is 0.527. The SMILES string of the molecule is O=C1C(c2ccc(F)cc2)=C(N2CCN(c3ncccn3)CC2)C(=O)N1C1CCCCCC1. The zero-order chi connectivity index (χ0) is 22.8. The zero-order valence-corrected chi connectivity index (χ0v) is 18.6. The van der Waals surface area contributed by atoms with Crippen molar-refractivity contribution in [3.63, 3.8) is 0 Å². The standard InChI is InChI=1S/C25H28FN5O2/c26-19-10-8-18(9-11-19)21-22(24(33)31(23(21)32)20-6-3-1-2-4-7-20)29-14-16-30(17-15-29)25-27-12-5-13-28-25/h5,8-13,20H,1-4,6-7,14-17H2. The molecule has 0 unspecified atom stereocenters. The van der Waals surface area contributed by atoms with E-state index >= 15 is 0 Å². The lowest BCUT2D eigenvalue weighted by Gasteiger charge is -2.36. The van der Waals surface area contributed by atoms with Crippen LogP contribution in [0.4, 0.5) is 10.3 Å². The summed E-state index contributed by atoms with van der Waals surface area (Å²) in [5.41, 5.74) is 1.44. The molecule has 33 heavy (non-hydrogen) atoms. The van der Waals surface area contributed by atoms with Gasteiger partial charge in [0.05, 0.1) is 5.57 Å². The third-order valence-electron chi connectivity index (χ3n) is 6.84. The van der Waals surface area contributed by atoms with Crippen molar-refractivity contribution < 1.29 is 14.0 Å². The van der Waals surface area contributed by atoms with Crippen LogP contribution in [0.1, 0.15) is 44.1 Å². The number of imide groups is 1. The maximum Gasteiger partial charge on any atom is 0.278 e. The molecule has 2 aliphatic heterocycles. The Kier molecular flexibility index (Phi) is 6.07. The molecule has 1 saturated carbocycles. The number of halogens is 1. The van der Waals surface area contributed by atoms with Crippen molar-refractivity contribution in [3.05, 3.63) is 59.8 Å². The summed E-state index contributed by atoms with van der Waals surface area (Å²) in [4.78, 5) is 41.6. The van der Waals surface area contributed by atoms with Crippen LogP contribution < -0.4 is 4.90 Å². The number of rotatable bonds is 4. The van der Waals surface area contributed by atoms with Gasteiger partial charge in [-0.25, -0.2) is 14.4 Å². The molecule has 0 atom stereocenters. The fourth-order valence-electron chi connectivity index (χ4n) is 5.14. The molecule has 1 aromatic heterocycles. The van der Waals surface area contributed by atoms with Crippen molar-refractivity contribution in [2.24, 2.45) is 0 Å². The van der Waals surface area contributed by atoms with Gasteiger partial charge >= 0.3 is 0 Å². The average Bonchev–Trinajstić information content (AvgIpc) is 3.00. The highest BCUT2D eigenvalue weighted by Crippen LogP contribution is 2.36. The van der Waals surface area contributed by atoms with Crippen molar-refractivity contribution in [1.82, 2.24) is 19.8 Å². The van der Waals surface area contributed by atoms with Gasteiger partial charge in [0.2, 0.25) is 5.95 Å². The zero-order valence-electron chi connectivity index (χ0n) is 18.6. The van der Waals surface area contributed by atoms with E-state index < -0.39 is 0 Å². The number of benzene rings is 1. The number of anilines is 1. The van der Waals surface area contributed by atoms with Crippen LogP contribution in [0.5, 0.6) is 0 Å². The van der Waals surface area contributed by atoms with Crippen molar-refractivity contribution >= 4 is 23.3 Å². The Hall–Kier alpha value is -3.29. The van der Waals surface area contributed by atoms with Gasteiger partial charge < -0.3 is 9.80 Å². The summed E-state index contributed by atoms with van der Waals surface area (Å²) in [5, 5.41) is 0. The predicted octanol–water partition coefficient (Wildman–Crippen LogP) is 3.24. The van der Waals surface area contributed by atoms with Gasteiger partial charge in [-0.2, -0.15) is 0 Å². The van der Waals surface area contributed by atoms with E-state index in [-0.39, 0.29) is 23.7 Å². The van der Waals surface area contributed by atoms with Crippen LogP contribution >= 0.6 is 0 Å². The highest BCUT2D eigenvalue weighted by molar-refractivity contribution is 6.35. The first kappa shape index (κ1) is 21.6. The van der Waals surface area contributed by atoms with E-state index in [1.165, 1.54) is 17.0 Å². The van der Waals surface area contributed by atoms with Gasteiger partial charge in [-0.3, -0.25) is 14.5 Å². The minimum Gasteiger partial charge on any atom is -0.363 e. The van der Waals surface area contributed by atoms with Crippen LogP contribution in [-0.4, -0.2) is 63.8 Å². The van der Waals surface area contributed by atoms with Crippen molar-refractivity contribution in [2.45, 2.75) is 44.6 Å². The molecule has 8 heteroatoms. The number of aromatic nitrogens is 2. The molecule has 0 radical (unpaired) electrons. The summed E-state index contributed by atoms with van der Waals surface area (Å²) in [6, 6.07) is 7.60. The van der Waals surface area contributed by atoms with Crippen molar-refractivity contribution in [3.8, 4) is 0 Å². The van der Waals surface area contributed by atoms with E-state index in [4.69, 9.17) is 0 Å². The molecule has 3 aliphatic rings. The summed E-state index contributed by atoms with van der Waals surface area (Å²) in [6.07, 6.45) is 9.46. The lowest BCUT2D eigenvalue weighted by atomic mass is 10.0. The lowest BCUT2D eigenvalue weighted by molar-refractivity contribution is -0.140. The number of hydrogen-bond donors (Lipinski definition) is 0. The smallest absolute Gasteiger partial charge is 0.278 e. The molecular formula is C25H28FN5O2. The monoisotopic (exact) mass is 449 g/mol. The van der Waals surface area contributed by atoms with Crippen LogP contribution in [0.2, 0.25) is 0 Å². The molecule has 7 nitrogen and oxygen atoms in total. The Morgan fingerprint density at radius 2 is 1.39 bits per heavy atom. The number of hydrogen-bond acceptors (Lipinski definition) is 6. The summed E-state index contributed by atoms with van der Waals surface area (Å²) in [5.74, 6) is -0.161. The number of piperazine rings is 1. The van der Waals surface area contributed by atoms with Crippen LogP contribution in [0.3, 0.4) is 0 Å².